The first kappa shape index (κ1) is 21.9. The van der Waals surface area contributed by atoms with Crippen molar-refractivity contribution in [1.82, 2.24) is 18.7 Å². The van der Waals surface area contributed by atoms with Crippen LogP contribution >= 0.6 is 11.6 Å². The van der Waals surface area contributed by atoms with Crippen molar-refractivity contribution in [3.8, 4) is 5.75 Å². The number of nitrogens with one attached hydrogen (secondary N) is 1. The lowest BCUT2D eigenvalue weighted by Gasteiger charge is -2.16. The Balaban J connectivity index is 1.93. The number of hydrogen-bond donors (Lipinski definition) is 3. The number of halogens is 1. The predicted molar refractivity (Wildman–Crippen MR) is 113 cm³/mol. The molecule has 1 aromatic carbocycles. The Labute approximate surface area is 176 Å². The highest BCUT2D eigenvalue weighted by atomic mass is 35.5. The average molecular weight is 438 g/mol. The first-order valence-corrected chi connectivity index (χ1v) is 9.71. The maximum Gasteiger partial charge on any atom is 0.332 e. The molecule has 2 aromatic heterocycles. The predicted octanol–water partition coefficient (Wildman–Crippen LogP) is 0.320. The molecule has 0 radical (unpaired) electrons. The van der Waals surface area contributed by atoms with Crippen LogP contribution in [0.5, 0.6) is 5.75 Å². The Morgan fingerprint density at radius 1 is 1.17 bits per heavy atom. The number of aromatic nitrogens is 4. The minimum Gasteiger partial charge on any atom is -0.491 e. The first-order chi connectivity index (χ1) is 14.2. The summed E-state index contributed by atoms with van der Waals surface area (Å²) in [4.78, 5) is 29.3. The number of ether oxygens (including phenoxy) is 1. The van der Waals surface area contributed by atoms with Gasteiger partial charge in [0.05, 0.1) is 12.6 Å². The topological polar surface area (TPSA) is 124 Å². The van der Waals surface area contributed by atoms with Crippen molar-refractivity contribution in [3.05, 3.63) is 50.1 Å². The zero-order chi connectivity index (χ0) is 22.0. The van der Waals surface area contributed by atoms with Crippen LogP contribution in [0.1, 0.15) is 6.92 Å². The minimum absolute atomic E-state index is 0.0142. The van der Waals surface area contributed by atoms with Gasteiger partial charge in [-0.1, -0.05) is 11.6 Å². The number of benzene rings is 1. The Kier molecular flexibility index (Phi) is 6.49. The lowest BCUT2D eigenvalue weighted by atomic mass is 10.3. The second kappa shape index (κ2) is 8.90. The van der Waals surface area contributed by atoms with E-state index >= 15 is 0 Å². The summed E-state index contributed by atoms with van der Waals surface area (Å²) in [6, 6.07) is 6.72. The van der Waals surface area contributed by atoms with Gasteiger partial charge in [-0.15, -0.1) is 0 Å². The van der Waals surface area contributed by atoms with E-state index in [0.717, 1.165) is 4.57 Å². The van der Waals surface area contributed by atoms with E-state index in [1.807, 2.05) is 0 Å². The quantitative estimate of drug-likeness (QED) is 0.463. The molecule has 2 heterocycles. The van der Waals surface area contributed by atoms with E-state index in [-0.39, 0.29) is 36.8 Å². The molecule has 3 aromatic rings. The van der Waals surface area contributed by atoms with Gasteiger partial charge in [-0.05, 0) is 31.2 Å². The molecule has 0 saturated carbocycles. The number of rotatable bonds is 8. The standard InChI is InChI=1S/C19H24ClN5O5/c1-11(26)8-21-18-22-16-15(17(28)24(3)19(29)23(16)2)25(18)9-13(27)10-30-14-6-4-12(20)5-7-14/h4-7,11,13,26-27H,8-10H2,1-3H3,(H,21,22). The summed E-state index contributed by atoms with van der Waals surface area (Å²) in [6.45, 7) is 1.72. The van der Waals surface area contributed by atoms with Crippen LogP contribution < -0.4 is 21.3 Å². The monoisotopic (exact) mass is 437 g/mol. The minimum atomic E-state index is -0.980. The third-order valence-corrected chi connectivity index (χ3v) is 4.80. The SMILES string of the molecule is CC(O)CNc1nc2c(c(=O)n(C)c(=O)n2C)n1CC(O)COc1ccc(Cl)cc1. The van der Waals surface area contributed by atoms with Crippen LogP contribution in [0, 0.1) is 0 Å². The molecule has 0 saturated heterocycles. The van der Waals surface area contributed by atoms with Crippen LogP contribution in [0.15, 0.2) is 33.9 Å². The van der Waals surface area contributed by atoms with Crippen LogP contribution in [0.2, 0.25) is 5.02 Å². The van der Waals surface area contributed by atoms with Gasteiger partial charge in [0.2, 0.25) is 5.95 Å². The zero-order valence-electron chi connectivity index (χ0n) is 16.9. The molecule has 0 bridgehead atoms. The van der Waals surface area contributed by atoms with Crippen molar-refractivity contribution in [3.63, 3.8) is 0 Å². The summed E-state index contributed by atoms with van der Waals surface area (Å²) in [5.74, 6) is 0.800. The number of aryl methyl sites for hydroxylation is 1. The molecule has 30 heavy (non-hydrogen) atoms. The average Bonchev–Trinajstić information content (AvgIpc) is 3.07. The maximum atomic E-state index is 12.8. The molecule has 2 unspecified atom stereocenters. The molecule has 0 amide bonds. The van der Waals surface area contributed by atoms with Gasteiger partial charge >= 0.3 is 5.69 Å². The van der Waals surface area contributed by atoms with Crippen molar-refractivity contribution in [2.75, 3.05) is 18.5 Å². The van der Waals surface area contributed by atoms with Crippen LogP contribution in [0.25, 0.3) is 11.2 Å². The zero-order valence-corrected chi connectivity index (χ0v) is 17.6. The van der Waals surface area contributed by atoms with E-state index in [1.54, 1.807) is 31.2 Å². The molecule has 0 aliphatic rings. The number of anilines is 1. The van der Waals surface area contributed by atoms with Gasteiger partial charge in [-0.3, -0.25) is 13.9 Å². The first-order valence-electron chi connectivity index (χ1n) is 9.33. The number of hydrogen-bond acceptors (Lipinski definition) is 7. The lowest BCUT2D eigenvalue weighted by molar-refractivity contribution is 0.0938. The fourth-order valence-electron chi connectivity index (χ4n) is 2.98. The number of aliphatic hydroxyl groups is 2. The van der Waals surface area contributed by atoms with E-state index in [9.17, 15) is 19.8 Å². The Hall–Kier alpha value is -2.82. The van der Waals surface area contributed by atoms with Gasteiger partial charge in [0, 0.05) is 25.7 Å². The highest BCUT2D eigenvalue weighted by Crippen LogP contribution is 2.18. The summed E-state index contributed by atoms with van der Waals surface area (Å²) in [5.41, 5.74) is -0.692. The van der Waals surface area contributed by atoms with E-state index in [4.69, 9.17) is 16.3 Å². The molecular formula is C19H24ClN5O5. The molecular weight excluding hydrogens is 414 g/mol. The van der Waals surface area contributed by atoms with E-state index in [1.165, 1.54) is 23.2 Å². The summed E-state index contributed by atoms with van der Waals surface area (Å²) < 4.78 is 9.32. The normalized spacial score (nSPS) is 13.4. The smallest absolute Gasteiger partial charge is 0.332 e. The largest absolute Gasteiger partial charge is 0.491 e. The van der Waals surface area contributed by atoms with Gasteiger partial charge in [0.15, 0.2) is 11.2 Å². The third kappa shape index (κ3) is 4.50. The summed E-state index contributed by atoms with van der Waals surface area (Å²) in [6.07, 6.45) is -1.64. The second-order valence-electron chi connectivity index (χ2n) is 7.07. The van der Waals surface area contributed by atoms with Gasteiger partial charge in [0.1, 0.15) is 18.5 Å². The summed E-state index contributed by atoms with van der Waals surface area (Å²) >= 11 is 5.85. The molecule has 0 aliphatic carbocycles. The van der Waals surface area contributed by atoms with Gasteiger partial charge in [-0.25, -0.2) is 4.79 Å². The number of fused-ring (bicyclic) bond motifs is 1. The molecule has 11 heteroatoms. The van der Waals surface area contributed by atoms with Crippen molar-refractivity contribution < 1.29 is 14.9 Å². The molecule has 10 nitrogen and oxygen atoms in total. The van der Waals surface area contributed by atoms with Gasteiger partial charge < -0.3 is 24.8 Å². The summed E-state index contributed by atoms with van der Waals surface area (Å²) in [7, 11) is 2.89. The Morgan fingerprint density at radius 2 is 1.83 bits per heavy atom. The Morgan fingerprint density at radius 3 is 2.47 bits per heavy atom. The molecule has 0 aliphatic heterocycles. The maximum absolute atomic E-state index is 12.8. The number of imidazole rings is 1. The number of aliphatic hydroxyl groups excluding tert-OH is 2. The van der Waals surface area contributed by atoms with Crippen molar-refractivity contribution in [2.45, 2.75) is 25.7 Å². The van der Waals surface area contributed by atoms with E-state index in [2.05, 4.69) is 10.3 Å². The fraction of sp³-hybridized carbons (Fsp3) is 0.421. The molecule has 2 atom stereocenters. The van der Waals surface area contributed by atoms with E-state index < -0.39 is 23.5 Å². The summed E-state index contributed by atoms with van der Waals surface area (Å²) in [5, 5.41) is 23.6. The molecule has 0 fully saturated rings. The van der Waals surface area contributed by atoms with Crippen LogP contribution in [0.3, 0.4) is 0 Å². The van der Waals surface area contributed by atoms with Gasteiger partial charge in [0.25, 0.3) is 5.56 Å². The third-order valence-electron chi connectivity index (χ3n) is 4.55. The molecule has 3 rings (SSSR count). The second-order valence-corrected chi connectivity index (χ2v) is 7.51. The van der Waals surface area contributed by atoms with Gasteiger partial charge in [-0.2, -0.15) is 4.98 Å². The molecule has 162 valence electrons. The van der Waals surface area contributed by atoms with Crippen molar-refractivity contribution >= 4 is 28.7 Å². The molecule has 0 spiro atoms. The van der Waals surface area contributed by atoms with Crippen LogP contribution in [-0.2, 0) is 20.6 Å². The van der Waals surface area contributed by atoms with E-state index in [0.29, 0.717) is 10.8 Å². The van der Waals surface area contributed by atoms with Crippen LogP contribution in [0.4, 0.5) is 5.95 Å². The highest BCUT2D eigenvalue weighted by Gasteiger charge is 2.21. The molecule has 3 N–H and O–H groups in total. The Bertz CT molecular complexity index is 1150. The van der Waals surface area contributed by atoms with Crippen LogP contribution in [-0.4, -0.2) is 54.3 Å². The van der Waals surface area contributed by atoms with Crippen molar-refractivity contribution in [1.29, 1.82) is 0 Å². The number of nitrogens with zero attached hydrogens (tertiary/aromatic N) is 4. The lowest BCUT2D eigenvalue weighted by Crippen LogP contribution is -2.38. The van der Waals surface area contributed by atoms with Crippen molar-refractivity contribution in [2.24, 2.45) is 14.1 Å². The highest BCUT2D eigenvalue weighted by molar-refractivity contribution is 6.30. The fourth-order valence-corrected chi connectivity index (χ4v) is 3.11.